The van der Waals surface area contributed by atoms with Crippen molar-refractivity contribution in [3.05, 3.63) is 35.7 Å². The number of carbonyl (C=O) groups excluding carboxylic acids is 1. The van der Waals surface area contributed by atoms with Crippen LogP contribution in [-0.4, -0.2) is 21.9 Å². The molecule has 130 valence electrons. The molecule has 2 rings (SSSR count). The molecule has 0 aliphatic carbocycles. The fraction of sp³-hybridized carbons (Fsp3) is 0.400. The minimum atomic E-state index is -4.68. The van der Waals surface area contributed by atoms with Crippen molar-refractivity contribution < 1.29 is 27.1 Å². The van der Waals surface area contributed by atoms with Gasteiger partial charge >= 0.3 is 18.2 Å². The van der Waals surface area contributed by atoms with Crippen LogP contribution in [-0.2, 0) is 17.5 Å². The minimum absolute atomic E-state index is 0.215. The monoisotopic (exact) mass is 343 g/mol. The van der Waals surface area contributed by atoms with Gasteiger partial charge in [0.25, 0.3) is 0 Å². The third kappa shape index (κ3) is 4.97. The zero-order chi connectivity index (χ0) is 18.0. The predicted molar refractivity (Wildman–Crippen MR) is 77.8 cm³/mol. The summed E-state index contributed by atoms with van der Waals surface area (Å²) in [5.74, 6) is -1.62. The van der Waals surface area contributed by atoms with E-state index in [-0.39, 0.29) is 12.4 Å². The molecule has 1 amide bonds. The second-order valence-electron chi connectivity index (χ2n) is 5.96. The molecule has 0 fully saturated rings. The van der Waals surface area contributed by atoms with Gasteiger partial charge in [0.2, 0.25) is 5.89 Å². The Hall–Kier alpha value is -2.58. The highest BCUT2D eigenvalue weighted by Gasteiger charge is 2.38. The van der Waals surface area contributed by atoms with E-state index in [1.165, 1.54) is 12.1 Å². The van der Waals surface area contributed by atoms with E-state index in [4.69, 9.17) is 4.74 Å². The van der Waals surface area contributed by atoms with E-state index in [2.05, 4.69) is 19.9 Å². The Morgan fingerprint density at radius 2 is 1.79 bits per heavy atom. The van der Waals surface area contributed by atoms with Gasteiger partial charge in [0.15, 0.2) is 0 Å². The number of alkyl carbamates (subject to hydrolysis) is 1. The van der Waals surface area contributed by atoms with Crippen LogP contribution in [0.25, 0.3) is 11.5 Å². The molecule has 0 unspecified atom stereocenters. The molecule has 1 N–H and O–H groups in total. The molecule has 1 heterocycles. The molecule has 0 atom stereocenters. The normalized spacial score (nSPS) is 12.1. The van der Waals surface area contributed by atoms with Gasteiger partial charge in [0.1, 0.15) is 5.60 Å². The van der Waals surface area contributed by atoms with Crippen LogP contribution in [0.15, 0.2) is 28.7 Å². The number of hydrogen-bond donors (Lipinski definition) is 1. The number of carbonyl (C=O) groups is 1. The summed E-state index contributed by atoms with van der Waals surface area (Å²) < 4.78 is 47.0. The van der Waals surface area contributed by atoms with Gasteiger partial charge in [-0.1, -0.05) is 12.1 Å². The first-order chi connectivity index (χ1) is 11.0. The van der Waals surface area contributed by atoms with Crippen molar-refractivity contribution in [2.24, 2.45) is 0 Å². The molecule has 0 aliphatic heterocycles. The summed E-state index contributed by atoms with van der Waals surface area (Å²) in [7, 11) is 0. The summed E-state index contributed by atoms with van der Waals surface area (Å²) in [5, 5.41) is 8.91. The first-order valence-corrected chi connectivity index (χ1v) is 7.01. The number of halogens is 3. The molecule has 1 aromatic carbocycles. The van der Waals surface area contributed by atoms with E-state index in [1.54, 1.807) is 32.9 Å². The smallest absolute Gasteiger partial charge is 0.444 e. The molecule has 0 radical (unpaired) electrons. The van der Waals surface area contributed by atoms with Crippen LogP contribution in [0.2, 0.25) is 0 Å². The Balaban J connectivity index is 1.98. The van der Waals surface area contributed by atoms with Gasteiger partial charge in [-0.25, -0.2) is 4.79 Å². The number of nitrogens with zero attached hydrogens (tertiary/aromatic N) is 2. The lowest BCUT2D eigenvalue weighted by Crippen LogP contribution is -2.32. The van der Waals surface area contributed by atoms with Crippen molar-refractivity contribution in [3.63, 3.8) is 0 Å². The molecule has 0 saturated heterocycles. The fourth-order valence-electron chi connectivity index (χ4n) is 1.71. The number of aromatic nitrogens is 2. The Bertz CT molecular complexity index is 703. The molecule has 2 aromatic rings. The maximum absolute atomic E-state index is 12.4. The minimum Gasteiger partial charge on any atom is -0.444 e. The second kappa shape index (κ2) is 6.50. The molecule has 0 spiro atoms. The van der Waals surface area contributed by atoms with E-state index < -0.39 is 23.8 Å². The number of rotatable bonds is 3. The van der Waals surface area contributed by atoms with E-state index in [1.807, 2.05) is 0 Å². The van der Waals surface area contributed by atoms with E-state index >= 15 is 0 Å². The summed E-state index contributed by atoms with van der Waals surface area (Å²) in [6, 6.07) is 6.31. The van der Waals surface area contributed by atoms with Gasteiger partial charge < -0.3 is 14.5 Å². The van der Waals surface area contributed by atoms with Gasteiger partial charge in [-0.05, 0) is 38.5 Å². The van der Waals surface area contributed by atoms with Crippen molar-refractivity contribution in [2.75, 3.05) is 0 Å². The lowest BCUT2D eigenvalue weighted by molar-refractivity contribution is -0.156. The number of alkyl halides is 3. The third-order valence-electron chi connectivity index (χ3n) is 2.70. The number of ether oxygens (including phenoxy) is 1. The van der Waals surface area contributed by atoms with Crippen molar-refractivity contribution >= 4 is 6.09 Å². The molecule has 24 heavy (non-hydrogen) atoms. The van der Waals surface area contributed by atoms with Crippen molar-refractivity contribution in [2.45, 2.75) is 39.1 Å². The highest BCUT2D eigenvalue weighted by molar-refractivity contribution is 5.67. The predicted octanol–water partition coefficient (Wildman–Crippen LogP) is 3.78. The fourth-order valence-corrected chi connectivity index (χ4v) is 1.71. The molecule has 0 aliphatic rings. The first-order valence-electron chi connectivity index (χ1n) is 7.01. The Labute approximate surface area is 136 Å². The molecular formula is C15H16F3N3O3. The van der Waals surface area contributed by atoms with Gasteiger partial charge in [0.05, 0.1) is 0 Å². The van der Waals surface area contributed by atoms with Gasteiger partial charge in [-0.15, -0.1) is 10.2 Å². The standard InChI is InChI=1S/C15H16F3N3O3/c1-14(2,3)24-13(22)19-8-9-4-6-10(7-5-9)11-20-21-12(23-11)15(16,17)18/h4-7H,8H2,1-3H3,(H,19,22). The van der Waals surface area contributed by atoms with Gasteiger partial charge in [-0.3, -0.25) is 0 Å². The van der Waals surface area contributed by atoms with Crippen LogP contribution in [0.3, 0.4) is 0 Å². The molecule has 1 aromatic heterocycles. The van der Waals surface area contributed by atoms with Crippen molar-refractivity contribution in [1.82, 2.24) is 15.5 Å². The lowest BCUT2D eigenvalue weighted by atomic mass is 10.1. The third-order valence-corrected chi connectivity index (χ3v) is 2.70. The molecule has 0 saturated carbocycles. The Kier molecular flexibility index (Phi) is 4.81. The van der Waals surface area contributed by atoms with Crippen LogP contribution in [0.5, 0.6) is 0 Å². The van der Waals surface area contributed by atoms with Crippen molar-refractivity contribution in [3.8, 4) is 11.5 Å². The number of amides is 1. The van der Waals surface area contributed by atoms with Crippen LogP contribution in [0.4, 0.5) is 18.0 Å². The van der Waals surface area contributed by atoms with E-state index in [0.717, 1.165) is 5.56 Å². The van der Waals surface area contributed by atoms with E-state index in [0.29, 0.717) is 5.56 Å². The van der Waals surface area contributed by atoms with Crippen LogP contribution < -0.4 is 5.32 Å². The van der Waals surface area contributed by atoms with Gasteiger partial charge in [0, 0.05) is 12.1 Å². The Morgan fingerprint density at radius 3 is 2.29 bits per heavy atom. The maximum Gasteiger partial charge on any atom is 0.470 e. The molecule has 9 heteroatoms. The summed E-state index contributed by atoms with van der Waals surface area (Å²) in [5.41, 5.74) is 0.487. The SMILES string of the molecule is CC(C)(C)OC(=O)NCc1ccc(-c2nnc(C(F)(F)F)o2)cc1. The zero-order valence-corrected chi connectivity index (χ0v) is 13.3. The van der Waals surface area contributed by atoms with Crippen LogP contribution in [0.1, 0.15) is 32.2 Å². The number of benzene rings is 1. The molecule has 6 nitrogen and oxygen atoms in total. The lowest BCUT2D eigenvalue weighted by Gasteiger charge is -2.19. The van der Waals surface area contributed by atoms with E-state index in [9.17, 15) is 18.0 Å². The van der Waals surface area contributed by atoms with Gasteiger partial charge in [-0.2, -0.15) is 13.2 Å². The number of nitrogens with one attached hydrogen (secondary N) is 1. The highest BCUT2D eigenvalue weighted by Crippen LogP contribution is 2.30. The zero-order valence-electron chi connectivity index (χ0n) is 13.3. The summed E-state index contributed by atoms with van der Waals surface area (Å²) >= 11 is 0. The van der Waals surface area contributed by atoms with Crippen LogP contribution in [0, 0.1) is 0 Å². The quantitative estimate of drug-likeness (QED) is 0.918. The van der Waals surface area contributed by atoms with Crippen LogP contribution >= 0.6 is 0 Å². The highest BCUT2D eigenvalue weighted by atomic mass is 19.4. The maximum atomic E-state index is 12.4. The molecule has 0 bridgehead atoms. The Morgan fingerprint density at radius 1 is 1.17 bits per heavy atom. The first kappa shape index (κ1) is 17.8. The largest absolute Gasteiger partial charge is 0.470 e. The average Bonchev–Trinajstić information content (AvgIpc) is 2.93. The summed E-state index contributed by atoms with van der Waals surface area (Å²) in [4.78, 5) is 11.5. The summed E-state index contributed by atoms with van der Waals surface area (Å²) in [6.45, 7) is 5.47. The average molecular weight is 343 g/mol. The topological polar surface area (TPSA) is 77.2 Å². The van der Waals surface area contributed by atoms with Crippen molar-refractivity contribution in [1.29, 1.82) is 0 Å². The molecular weight excluding hydrogens is 327 g/mol. The second-order valence-corrected chi connectivity index (χ2v) is 5.96. The summed E-state index contributed by atoms with van der Waals surface area (Å²) in [6.07, 6.45) is -5.24. The number of hydrogen-bond acceptors (Lipinski definition) is 5.